The summed E-state index contributed by atoms with van der Waals surface area (Å²) in [5.74, 6) is 0.0625. The average Bonchev–Trinajstić information content (AvgIpc) is 2.78. The number of carbonyl (C=O) groups is 1. The molecule has 0 spiro atoms. The Balaban J connectivity index is 2.00. The van der Waals surface area contributed by atoms with Gasteiger partial charge in [-0.05, 0) is 30.9 Å². The fraction of sp³-hybridized carbons (Fsp3) is 0.308. The van der Waals surface area contributed by atoms with Gasteiger partial charge in [0.25, 0.3) is 0 Å². The zero-order valence-electron chi connectivity index (χ0n) is 9.62. The van der Waals surface area contributed by atoms with E-state index < -0.39 is 0 Å². The number of anilines is 1. The van der Waals surface area contributed by atoms with Crippen molar-refractivity contribution in [2.24, 2.45) is 5.92 Å². The summed E-state index contributed by atoms with van der Waals surface area (Å²) >= 11 is 11.6. The van der Waals surface area contributed by atoms with E-state index in [0.29, 0.717) is 18.0 Å². The van der Waals surface area contributed by atoms with Gasteiger partial charge in [0.2, 0.25) is 5.91 Å². The number of nitrogens with one attached hydrogen (secondary N) is 1. The maximum Gasteiger partial charge on any atom is 0.224 e. The van der Waals surface area contributed by atoms with Crippen molar-refractivity contribution in [3.8, 4) is 5.75 Å². The summed E-state index contributed by atoms with van der Waals surface area (Å²) < 4.78 is 0. The van der Waals surface area contributed by atoms with Crippen molar-refractivity contribution in [1.29, 1.82) is 0 Å². The van der Waals surface area contributed by atoms with E-state index in [2.05, 4.69) is 17.5 Å². The van der Waals surface area contributed by atoms with Crippen LogP contribution in [0.25, 0.3) is 0 Å². The summed E-state index contributed by atoms with van der Waals surface area (Å²) in [6.07, 6.45) is 6.66. The molecule has 1 atom stereocenters. The molecule has 0 saturated carbocycles. The first-order chi connectivity index (χ1) is 8.56. The van der Waals surface area contributed by atoms with Crippen molar-refractivity contribution in [3.05, 3.63) is 34.3 Å². The maximum absolute atomic E-state index is 11.8. The number of phenolic OH excluding ortho intramolecular Hbond substituents is 1. The van der Waals surface area contributed by atoms with Crippen LogP contribution in [0.5, 0.6) is 5.75 Å². The minimum Gasteiger partial charge on any atom is -0.505 e. The second-order valence-corrected chi connectivity index (χ2v) is 5.12. The quantitative estimate of drug-likeness (QED) is 0.652. The highest BCUT2D eigenvalue weighted by Crippen LogP contribution is 2.34. The molecule has 3 nitrogen and oxygen atoms in total. The number of aromatic hydroxyl groups is 1. The molecular weight excluding hydrogens is 273 g/mol. The first-order valence-electron chi connectivity index (χ1n) is 5.71. The van der Waals surface area contributed by atoms with Gasteiger partial charge in [0.1, 0.15) is 0 Å². The molecule has 1 amide bonds. The SMILES string of the molecule is O=C(CC1C=CCC1)Nc1cc(Cl)c(O)c(Cl)c1. The fourth-order valence-corrected chi connectivity index (χ4v) is 2.44. The average molecular weight is 286 g/mol. The molecule has 1 aromatic rings. The highest BCUT2D eigenvalue weighted by atomic mass is 35.5. The number of phenols is 1. The molecule has 1 unspecified atom stereocenters. The molecule has 0 fully saturated rings. The molecule has 2 N–H and O–H groups in total. The van der Waals surface area contributed by atoms with Crippen molar-refractivity contribution in [2.75, 3.05) is 5.32 Å². The van der Waals surface area contributed by atoms with Crippen molar-refractivity contribution in [3.63, 3.8) is 0 Å². The van der Waals surface area contributed by atoms with Gasteiger partial charge in [-0.1, -0.05) is 35.4 Å². The van der Waals surface area contributed by atoms with Gasteiger partial charge in [0.15, 0.2) is 5.75 Å². The zero-order chi connectivity index (χ0) is 13.1. The topological polar surface area (TPSA) is 49.3 Å². The molecule has 1 aliphatic carbocycles. The van der Waals surface area contributed by atoms with Crippen LogP contribution in [0, 0.1) is 5.92 Å². The van der Waals surface area contributed by atoms with Crippen LogP contribution in [0.3, 0.4) is 0 Å². The van der Waals surface area contributed by atoms with Gasteiger partial charge in [-0.2, -0.15) is 0 Å². The van der Waals surface area contributed by atoms with E-state index in [0.717, 1.165) is 12.8 Å². The molecule has 2 rings (SSSR count). The van der Waals surface area contributed by atoms with Gasteiger partial charge < -0.3 is 10.4 Å². The van der Waals surface area contributed by atoms with Gasteiger partial charge in [-0.3, -0.25) is 4.79 Å². The summed E-state index contributed by atoms with van der Waals surface area (Å²) in [7, 11) is 0. The Morgan fingerprint density at radius 3 is 2.61 bits per heavy atom. The number of amides is 1. The number of halogens is 2. The van der Waals surface area contributed by atoms with E-state index >= 15 is 0 Å². The summed E-state index contributed by atoms with van der Waals surface area (Å²) in [6, 6.07) is 2.95. The molecule has 1 aromatic carbocycles. The molecule has 0 heterocycles. The Hall–Kier alpha value is -1.19. The van der Waals surface area contributed by atoms with Crippen molar-refractivity contribution in [2.45, 2.75) is 19.3 Å². The lowest BCUT2D eigenvalue weighted by molar-refractivity contribution is -0.116. The summed E-state index contributed by atoms with van der Waals surface area (Å²) in [6.45, 7) is 0. The predicted molar refractivity (Wildman–Crippen MR) is 73.2 cm³/mol. The standard InChI is InChI=1S/C13H13Cl2NO2/c14-10-6-9(7-11(15)13(10)18)16-12(17)5-8-3-1-2-4-8/h1,3,6-8,18H,2,4-5H2,(H,16,17). The molecule has 0 bridgehead atoms. The Kier molecular flexibility index (Phi) is 4.15. The van der Waals surface area contributed by atoms with Gasteiger partial charge in [-0.15, -0.1) is 0 Å². The van der Waals surface area contributed by atoms with Crippen molar-refractivity contribution < 1.29 is 9.90 Å². The Bertz CT molecular complexity index is 477. The smallest absolute Gasteiger partial charge is 0.224 e. The summed E-state index contributed by atoms with van der Waals surface area (Å²) in [4.78, 5) is 11.8. The maximum atomic E-state index is 11.8. The molecule has 5 heteroatoms. The van der Waals surface area contributed by atoms with Crippen LogP contribution < -0.4 is 5.32 Å². The molecule has 0 radical (unpaired) electrons. The Morgan fingerprint density at radius 2 is 2.06 bits per heavy atom. The van der Waals surface area contributed by atoms with Crippen LogP contribution in [0.4, 0.5) is 5.69 Å². The van der Waals surface area contributed by atoms with E-state index in [4.69, 9.17) is 23.2 Å². The lowest BCUT2D eigenvalue weighted by atomic mass is 10.1. The predicted octanol–water partition coefficient (Wildman–Crippen LogP) is 3.99. The molecule has 0 saturated heterocycles. The minimum atomic E-state index is -0.171. The summed E-state index contributed by atoms with van der Waals surface area (Å²) in [5.41, 5.74) is 0.495. The van der Waals surface area contributed by atoms with Gasteiger partial charge in [0, 0.05) is 12.1 Å². The first kappa shape index (κ1) is 13.2. The normalized spacial score (nSPS) is 18.0. The molecular formula is C13H13Cl2NO2. The van der Waals surface area contributed by atoms with Crippen LogP contribution >= 0.6 is 23.2 Å². The number of carbonyl (C=O) groups excluding carboxylic acids is 1. The van der Waals surface area contributed by atoms with Crippen LogP contribution in [0.2, 0.25) is 10.0 Å². The van der Waals surface area contributed by atoms with Crippen LogP contribution in [-0.2, 0) is 4.79 Å². The Labute approximate surface area is 115 Å². The molecule has 0 aliphatic heterocycles. The lowest BCUT2D eigenvalue weighted by Crippen LogP contribution is -2.14. The minimum absolute atomic E-state index is 0.0793. The molecule has 96 valence electrons. The number of hydrogen-bond donors (Lipinski definition) is 2. The first-order valence-corrected chi connectivity index (χ1v) is 6.46. The van der Waals surface area contributed by atoms with Crippen molar-refractivity contribution in [1.82, 2.24) is 0 Å². The van der Waals surface area contributed by atoms with Gasteiger partial charge in [-0.25, -0.2) is 0 Å². The highest BCUT2D eigenvalue weighted by Gasteiger charge is 2.15. The zero-order valence-corrected chi connectivity index (χ0v) is 11.1. The third-order valence-electron chi connectivity index (χ3n) is 2.86. The number of allylic oxidation sites excluding steroid dienone is 2. The second-order valence-electron chi connectivity index (χ2n) is 4.31. The lowest BCUT2D eigenvalue weighted by Gasteiger charge is -2.10. The largest absolute Gasteiger partial charge is 0.505 e. The van der Waals surface area contributed by atoms with Crippen LogP contribution in [-0.4, -0.2) is 11.0 Å². The van der Waals surface area contributed by atoms with E-state index in [1.54, 1.807) is 0 Å². The molecule has 0 aromatic heterocycles. The van der Waals surface area contributed by atoms with Crippen LogP contribution in [0.1, 0.15) is 19.3 Å². The third kappa shape index (κ3) is 3.18. The van der Waals surface area contributed by atoms with Gasteiger partial charge in [0.05, 0.1) is 10.0 Å². The van der Waals surface area contributed by atoms with E-state index in [-0.39, 0.29) is 21.7 Å². The number of benzene rings is 1. The summed E-state index contributed by atoms with van der Waals surface area (Å²) in [5, 5.41) is 12.4. The molecule has 1 aliphatic rings. The van der Waals surface area contributed by atoms with E-state index in [9.17, 15) is 9.90 Å². The van der Waals surface area contributed by atoms with E-state index in [1.165, 1.54) is 12.1 Å². The van der Waals surface area contributed by atoms with Crippen molar-refractivity contribution >= 4 is 34.8 Å². The van der Waals surface area contributed by atoms with E-state index in [1.807, 2.05) is 0 Å². The fourth-order valence-electron chi connectivity index (χ4n) is 1.95. The third-order valence-corrected chi connectivity index (χ3v) is 3.44. The van der Waals surface area contributed by atoms with Crippen LogP contribution in [0.15, 0.2) is 24.3 Å². The monoisotopic (exact) mass is 285 g/mol. The number of hydrogen-bond acceptors (Lipinski definition) is 2. The molecule has 18 heavy (non-hydrogen) atoms. The Morgan fingerprint density at radius 1 is 1.39 bits per heavy atom. The highest BCUT2D eigenvalue weighted by molar-refractivity contribution is 6.37. The van der Waals surface area contributed by atoms with Gasteiger partial charge >= 0.3 is 0 Å². The second kappa shape index (κ2) is 5.63. The number of rotatable bonds is 3.